The highest BCUT2D eigenvalue weighted by Crippen LogP contribution is 2.43. The first-order valence-electron chi connectivity index (χ1n) is 9.28. The summed E-state index contributed by atoms with van der Waals surface area (Å²) in [5.74, 6) is -1.30. The van der Waals surface area contributed by atoms with Crippen LogP contribution in [0, 0.1) is 0 Å². The van der Waals surface area contributed by atoms with Gasteiger partial charge in [-0.3, -0.25) is 14.4 Å². The first-order chi connectivity index (χ1) is 13.0. The highest BCUT2D eigenvalue weighted by atomic mass is 32.1. The number of hydrazine groups is 1. The lowest BCUT2D eigenvalue weighted by molar-refractivity contribution is -0.183. The van der Waals surface area contributed by atoms with Gasteiger partial charge >= 0.3 is 0 Å². The van der Waals surface area contributed by atoms with Gasteiger partial charge in [-0.05, 0) is 38.6 Å². The molecular formula is C20H26N4O3S. The van der Waals surface area contributed by atoms with E-state index in [0.717, 1.165) is 10.6 Å². The van der Waals surface area contributed by atoms with Gasteiger partial charge in [-0.15, -0.1) is 0 Å². The van der Waals surface area contributed by atoms with Gasteiger partial charge in [-0.1, -0.05) is 30.3 Å². The first-order valence-corrected chi connectivity index (χ1v) is 9.69. The molecule has 0 radical (unpaired) electrons. The second-order valence-corrected chi connectivity index (χ2v) is 8.67. The molecule has 0 spiro atoms. The van der Waals surface area contributed by atoms with Crippen molar-refractivity contribution in [2.75, 3.05) is 0 Å². The minimum atomic E-state index is -0.931. The smallest absolute Gasteiger partial charge is 0.266 e. The SMILES string of the molecule is CC(=O)N(C(C)=O)N1C(=O)C(Cc2ccccc2)N2C(=S)NC(C)(C)CC21C. The normalized spacial score (nSPS) is 26.0. The lowest BCUT2D eigenvalue weighted by Gasteiger charge is -2.53. The molecule has 1 N–H and O–H groups in total. The number of nitrogens with one attached hydrogen (secondary N) is 1. The molecule has 2 saturated heterocycles. The number of imide groups is 1. The summed E-state index contributed by atoms with van der Waals surface area (Å²) < 4.78 is 0. The van der Waals surface area contributed by atoms with Crippen molar-refractivity contribution in [2.24, 2.45) is 0 Å². The van der Waals surface area contributed by atoms with Crippen molar-refractivity contribution in [1.29, 1.82) is 0 Å². The van der Waals surface area contributed by atoms with Gasteiger partial charge in [0.25, 0.3) is 5.91 Å². The van der Waals surface area contributed by atoms with Crippen LogP contribution in [-0.4, -0.2) is 55.0 Å². The third-order valence-electron chi connectivity index (χ3n) is 5.29. The topological polar surface area (TPSA) is 73.0 Å². The minimum Gasteiger partial charge on any atom is -0.357 e. The summed E-state index contributed by atoms with van der Waals surface area (Å²) in [6.07, 6.45) is 0.923. The molecule has 1 aromatic rings. The molecular weight excluding hydrogens is 376 g/mol. The summed E-state index contributed by atoms with van der Waals surface area (Å²) in [6, 6.07) is 9.04. The van der Waals surface area contributed by atoms with Crippen LogP contribution in [0.25, 0.3) is 0 Å². The number of amides is 3. The maximum atomic E-state index is 13.5. The van der Waals surface area contributed by atoms with Crippen molar-refractivity contribution in [3.63, 3.8) is 0 Å². The predicted octanol–water partition coefficient (Wildman–Crippen LogP) is 1.82. The largest absolute Gasteiger partial charge is 0.357 e. The first kappa shape index (κ1) is 20.3. The Morgan fingerprint density at radius 2 is 1.75 bits per heavy atom. The Morgan fingerprint density at radius 1 is 1.18 bits per heavy atom. The monoisotopic (exact) mass is 402 g/mol. The molecule has 2 atom stereocenters. The molecule has 0 saturated carbocycles. The van der Waals surface area contributed by atoms with E-state index in [2.05, 4.69) is 5.32 Å². The lowest BCUT2D eigenvalue weighted by Crippen LogP contribution is -2.71. The molecule has 28 heavy (non-hydrogen) atoms. The van der Waals surface area contributed by atoms with Gasteiger partial charge in [0.15, 0.2) is 5.11 Å². The summed E-state index contributed by atoms with van der Waals surface area (Å²) >= 11 is 5.63. The zero-order valence-electron chi connectivity index (χ0n) is 16.9. The summed E-state index contributed by atoms with van der Waals surface area (Å²) in [4.78, 5) is 40.0. The number of carbonyl (C=O) groups excluding carboxylic acids is 3. The molecule has 0 aliphatic carbocycles. The fourth-order valence-electron chi connectivity index (χ4n) is 4.51. The molecule has 2 heterocycles. The molecule has 2 aliphatic heterocycles. The van der Waals surface area contributed by atoms with Gasteiger partial charge in [-0.25, -0.2) is 5.01 Å². The predicted molar refractivity (Wildman–Crippen MR) is 109 cm³/mol. The Morgan fingerprint density at radius 3 is 2.29 bits per heavy atom. The van der Waals surface area contributed by atoms with Crippen LogP contribution in [0.5, 0.6) is 0 Å². The maximum absolute atomic E-state index is 13.5. The number of benzene rings is 1. The van der Waals surface area contributed by atoms with E-state index in [4.69, 9.17) is 12.2 Å². The molecule has 8 heteroatoms. The Hall–Kier alpha value is -2.48. The molecule has 2 aliphatic rings. The Bertz CT molecular complexity index is 827. The number of nitrogens with zero attached hydrogens (tertiary/aromatic N) is 3. The molecule has 3 amide bonds. The van der Waals surface area contributed by atoms with Gasteiger partial charge in [0, 0.05) is 32.2 Å². The van der Waals surface area contributed by atoms with Crippen molar-refractivity contribution < 1.29 is 14.4 Å². The van der Waals surface area contributed by atoms with Crippen LogP contribution in [0.1, 0.15) is 46.6 Å². The molecule has 1 aromatic carbocycles. The Kier molecular flexibility index (Phi) is 4.95. The lowest BCUT2D eigenvalue weighted by atomic mass is 9.88. The van der Waals surface area contributed by atoms with Crippen molar-refractivity contribution in [1.82, 2.24) is 20.2 Å². The quantitative estimate of drug-likeness (QED) is 0.778. The second-order valence-electron chi connectivity index (χ2n) is 8.28. The van der Waals surface area contributed by atoms with E-state index in [1.54, 1.807) is 0 Å². The molecule has 0 aromatic heterocycles. The summed E-state index contributed by atoms with van der Waals surface area (Å²) in [5, 5.41) is 6.01. The molecule has 3 rings (SSSR count). The molecule has 2 unspecified atom stereocenters. The zero-order chi connectivity index (χ0) is 20.9. The third kappa shape index (κ3) is 3.26. The fraction of sp³-hybridized carbons (Fsp3) is 0.500. The average molecular weight is 403 g/mol. The summed E-state index contributed by atoms with van der Waals surface area (Å²) in [7, 11) is 0. The van der Waals surface area contributed by atoms with Crippen molar-refractivity contribution in [2.45, 2.75) is 64.7 Å². The molecule has 2 fully saturated rings. The van der Waals surface area contributed by atoms with Crippen LogP contribution in [0.2, 0.25) is 0 Å². The number of hydrogen-bond acceptors (Lipinski definition) is 4. The summed E-state index contributed by atoms with van der Waals surface area (Å²) in [5.41, 5.74) is -0.351. The van der Waals surface area contributed by atoms with E-state index in [1.165, 1.54) is 18.9 Å². The molecule has 7 nitrogen and oxygen atoms in total. The van der Waals surface area contributed by atoms with Gasteiger partial charge in [0.05, 0.1) is 0 Å². The van der Waals surface area contributed by atoms with Gasteiger partial charge < -0.3 is 10.2 Å². The van der Waals surface area contributed by atoms with E-state index < -0.39 is 29.1 Å². The Balaban J connectivity index is 2.11. The third-order valence-corrected chi connectivity index (χ3v) is 5.59. The standard InChI is InChI=1S/C20H26N4O3S/c1-13(25)23(14(2)26)24-17(27)16(11-15-9-7-6-8-10-15)22-18(28)21-19(3,4)12-20(22,24)5/h6-10,16H,11-12H2,1-5H3,(H,21,28). The number of hydrogen-bond donors (Lipinski definition) is 1. The second kappa shape index (κ2) is 6.84. The van der Waals surface area contributed by atoms with Crippen molar-refractivity contribution >= 4 is 35.1 Å². The van der Waals surface area contributed by atoms with Crippen molar-refractivity contribution in [3.05, 3.63) is 35.9 Å². The van der Waals surface area contributed by atoms with E-state index >= 15 is 0 Å². The van der Waals surface area contributed by atoms with Crippen LogP contribution < -0.4 is 5.32 Å². The number of fused-ring (bicyclic) bond motifs is 1. The number of carbonyl (C=O) groups is 3. The van der Waals surface area contributed by atoms with Crippen molar-refractivity contribution in [3.8, 4) is 0 Å². The summed E-state index contributed by atoms with van der Waals surface area (Å²) in [6.45, 7) is 8.42. The zero-order valence-corrected chi connectivity index (χ0v) is 17.7. The van der Waals surface area contributed by atoms with E-state index in [1.807, 2.05) is 56.0 Å². The van der Waals surface area contributed by atoms with Crippen LogP contribution >= 0.6 is 12.2 Å². The van der Waals surface area contributed by atoms with E-state index in [-0.39, 0.29) is 5.91 Å². The Labute approximate surface area is 170 Å². The van der Waals surface area contributed by atoms with E-state index in [0.29, 0.717) is 18.0 Å². The van der Waals surface area contributed by atoms with Crippen LogP contribution in [0.4, 0.5) is 0 Å². The highest BCUT2D eigenvalue weighted by molar-refractivity contribution is 7.80. The fourth-order valence-corrected chi connectivity index (χ4v) is 5.11. The van der Waals surface area contributed by atoms with Gasteiger partial charge in [-0.2, -0.15) is 5.01 Å². The van der Waals surface area contributed by atoms with Gasteiger partial charge in [0.1, 0.15) is 11.7 Å². The molecule has 0 bridgehead atoms. The minimum absolute atomic E-state index is 0.307. The molecule has 150 valence electrons. The average Bonchev–Trinajstić information content (AvgIpc) is 2.75. The van der Waals surface area contributed by atoms with Crippen LogP contribution in [-0.2, 0) is 20.8 Å². The van der Waals surface area contributed by atoms with E-state index in [9.17, 15) is 14.4 Å². The van der Waals surface area contributed by atoms with Crippen LogP contribution in [0.3, 0.4) is 0 Å². The highest BCUT2D eigenvalue weighted by Gasteiger charge is 2.62. The number of rotatable bonds is 3. The maximum Gasteiger partial charge on any atom is 0.266 e. The van der Waals surface area contributed by atoms with Gasteiger partial charge in [0.2, 0.25) is 11.8 Å². The van der Waals surface area contributed by atoms with Crippen LogP contribution in [0.15, 0.2) is 30.3 Å². The number of thiocarbonyl (C=S) groups is 1.